The summed E-state index contributed by atoms with van der Waals surface area (Å²) in [6, 6.07) is 7.91. The molecule has 2 aromatic heterocycles. The van der Waals surface area contributed by atoms with Crippen LogP contribution in [0, 0.1) is 0 Å². The van der Waals surface area contributed by atoms with E-state index in [2.05, 4.69) is 10.1 Å². The fourth-order valence-corrected chi connectivity index (χ4v) is 3.61. The van der Waals surface area contributed by atoms with Crippen molar-refractivity contribution in [3.8, 4) is 0 Å². The van der Waals surface area contributed by atoms with Crippen LogP contribution in [0.1, 0.15) is 47.8 Å². The first-order valence-electron chi connectivity index (χ1n) is 8.83. The predicted octanol–water partition coefficient (Wildman–Crippen LogP) is 3.14. The lowest BCUT2D eigenvalue weighted by molar-refractivity contribution is 0.0705. The monoisotopic (exact) mass is 338 g/mol. The Morgan fingerprint density at radius 1 is 1.36 bits per heavy atom. The molecule has 3 aromatic rings. The molecule has 130 valence electrons. The lowest BCUT2D eigenvalue weighted by Gasteiger charge is -2.31. The van der Waals surface area contributed by atoms with Gasteiger partial charge in [-0.3, -0.25) is 4.79 Å². The third-order valence-electron chi connectivity index (χ3n) is 5.02. The zero-order valence-corrected chi connectivity index (χ0v) is 14.6. The van der Waals surface area contributed by atoms with Crippen molar-refractivity contribution in [2.45, 2.75) is 32.1 Å². The second-order valence-corrected chi connectivity index (χ2v) is 6.66. The number of benzene rings is 1. The maximum absolute atomic E-state index is 13.1. The van der Waals surface area contributed by atoms with Gasteiger partial charge in [-0.25, -0.2) is 0 Å². The smallest absolute Gasteiger partial charge is 0.254 e. The minimum absolute atomic E-state index is 0.0840. The number of rotatable bonds is 3. The van der Waals surface area contributed by atoms with E-state index in [9.17, 15) is 4.79 Å². The average molecular weight is 338 g/mol. The minimum Gasteiger partial charge on any atom is -0.351 e. The third-order valence-corrected chi connectivity index (χ3v) is 5.02. The molecule has 0 N–H and O–H groups in total. The van der Waals surface area contributed by atoms with Crippen molar-refractivity contribution in [3.05, 3.63) is 47.7 Å². The van der Waals surface area contributed by atoms with E-state index in [4.69, 9.17) is 4.52 Å². The van der Waals surface area contributed by atoms with E-state index >= 15 is 0 Å². The number of hydrogen-bond donors (Lipinski definition) is 0. The Morgan fingerprint density at radius 3 is 3.04 bits per heavy atom. The molecule has 0 bridgehead atoms. The Morgan fingerprint density at radius 2 is 2.24 bits per heavy atom. The molecule has 0 unspecified atom stereocenters. The summed E-state index contributed by atoms with van der Waals surface area (Å²) in [5.41, 5.74) is 1.84. The minimum atomic E-state index is 0.0840. The van der Waals surface area contributed by atoms with Crippen LogP contribution in [0.5, 0.6) is 0 Å². The Labute approximate surface area is 146 Å². The van der Waals surface area contributed by atoms with Crippen LogP contribution in [-0.2, 0) is 13.5 Å². The number of aryl methyl sites for hydroxylation is 2. The molecule has 1 fully saturated rings. The number of nitrogens with zero attached hydrogens (tertiary/aromatic N) is 4. The number of aromatic nitrogens is 3. The highest BCUT2D eigenvalue weighted by Crippen LogP contribution is 2.28. The fraction of sp³-hybridized carbons (Fsp3) is 0.421. The van der Waals surface area contributed by atoms with E-state index in [1.807, 2.05) is 53.9 Å². The van der Waals surface area contributed by atoms with E-state index in [1.165, 1.54) is 0 Å². The number of carbonyl (C=O) groups excluding carboxylic acids is 1. The van der Waals surface area contributed by atoms with E-state index in [-0.39, 0.29) is 11.8 Å². The molecule has 0 radical (unpaired) electrons. The number of fused-ring (bicyclic) bond motifs is 1. The van der Waals surface area contributed by atoms with Crippen molar-refractivity contribution < 1.29 is 9.32 Å². The van der Waals surface area contributed by atoms with Gasteiger partial charge in [0.05, 0.1) is 0 Å². The van der Waals surface area contributed by atoms with Crippen LogP contribution < -0.4 is 0 Å². The summed E-state index contributed by atoms with van der Waals surface area (Å²) in [6.45, 7) is 3.41. The summed E-state index contributed by atoms with van der Waals surface area (Å²) in [7, 11) is 2.00. The summed E-state index contributed by atoms with van der Waals surface area (Å²) in [6.07, 6.45) is 4.67. The maximum Gasteiger partial charge on any atom is 0.254 e. The van der Waals surface area contributed by atoms with Gasteiger partial charge in [-0.15, -0.1) is 0 Å². The van der Waals surface area contributed by atoms with Crippen LogP contribution >= 0.6 is 0 Å². The quantitative estimate of drug-likeness (QED) is 0.736. The van der Waals surface area contributed by atoms with Gasteiger partial charge in [0.2, 0.25) is 5.89 Å². The number of carbonyl (C=O) groups is 1. The van der Waals surface area contributed by atoms with E-state index in [0.29, 0.717) is 12.4 Å². The second-order valence-electron chi connectivity index (χ2n) is 6.66. The summed E-state index contributed by atoms with van der Waals surface area (Å²) < 4.78 is 7.28. The van der Waals surface area contributed by atoms with Crippen molar-refractivity contribution in [3.63, 3.8) is 0 Å². The van der Waals surface area contributed by atoms with Gasteiger partial charge in [0.25, 0.3) is 5.91 Å². The van der Waals surface area contributed by atoms with Crippen LogP contribution in [0.4, 0.5) is 0 Å². The van der Waals surface area contributed by atoms with Gasteiger partial charge in [0.1, 0.15) is 0 Å². The number of amides is 1. The van der Waals surface area contributed by atoms with E-state index in [1.54, 1.807) is 0 Å². The summed E-state index contributed by atoms with van der Waals surface area (Å²) >= 11 is 0. The van der Waals surface area contributed by atoms with Crippen LogP contribution in [0.2, 0.25) is 0 Å². The molecule has 1 saturated heterocycles. The zero-order chi connectivity index (χ0) is 17.4. The topological polar surface area (TPSA) is 64.2 Å². The van der Waals surface area contributed by atoms with Gasteiger partial charge in [-0.05, 0) is 31.0 Å². The highest BCUT2D eigenvalue weighted by Gasteiger charge is 2.29. The number of hydrogen-bond acceptors (Lipinski definition) is 4. The number of piperidine rings is 1. The first-order chi connectivity index (χ1) is 12.2. The summed E-state index contributed by atoms with van der Waals surface area (Å²) in [5, 5.41) is 5.11. The summed E-state index contributed by atoms with van der Waals surface area (Å²) in [4.78, 5) is 19.5. The first-order valence-corrected chi connectivity index (χ1v) is 8.83. The SMILES string of the molecule is CCc1nc([C@@H]2CCCN(C(=O)c3cccc4c3ccn4C)C2)no1. The van der Waals surface area contributed by atoms with Crippen LogP contribution in [0.15, 0.2) is 35.0 Å². The molecule has 1 aromatic carbocycles. The fourth-order valence-electron chi connectivity index (χ4n) is 3.61. The highest BCUT2D eigenvalue weighted by atomic mass is 16.5. The second kappa shape index (κ2) is 6.35. The van der Waals surface area contributed by atoms with Gasteiger partial charge in [-0.2, -0.15) is 4.98 Å². The van der Waals surface area contributed by atoms with Gasteiger partial charge in [0, 0.05) is 55.1 Å². The molecule has 0 aliphatic carbocycles. The largest absolute Gasteiger partial charge is 0.351 e. The molecule has 1 atom stereocenters. The van der Waals surface area contributed by atoms with Crippen molar-refractivity contribution >= 4 is 16.8 Å². The molecule has 1 aliphatic rings. The normalized spacial score (nSPS) is 18.0. The predicted molar refractivity (Wildman–Crippen MR) is 94.5 cm³/mol. The first kappa shape index (κ1) is 15.9. The van der Waals surface area contributed by atoms with Crippen LogP contribution in [0.3, 0.4) is 0 Å². The highest BCUT2D eigenvalue weighted by molar-refractivity contribution is 6.06. The molecule has 1 aliphatic heterocycles. The van der Waals surface area contributed by atoms with E-state index < -0.39 is 0 Å². The molecular formula is C19H22N4O2. The Balaban J connectivity index is 1.59. The maximum atomic E-state index is 13.1. The molecule has 1 amide bonds. The van der Waals surface area contributed by atoms with E-state index in [0.717, 1.165) is 48.1 Å². The average Bonchev–Trinajstić information content (AvgIpc) is 3.28. The summed E-state index contributed by atoms with van der Waals surface area (Å²) in [5.74, 6) is 1.62. The van der Waals surface area contributed by atoms with Gasteiger partial charge < -0.3 is 14.0 Å². The number of likely N-dealkylation sites (tertiary alicyclic amines) is 1. The van der Waals surface area contributed by atoms with Gasteiger partial charge in [-0.1, -0.05) is 18.1 Å². The molecule has 0 saturated carbocycles. The Bertz CT molecular complexity index is 911. The van der Waals surface area contributed by atoms with Crippen molar-refractivity contribution in [1.82, 2.24) is 19.6 Å². The Hall–Kier alpha value is -2.63. The lowest BCUT2D eigenvalue weighted by Crippen LogP contribution is -2.39. The van der Waals surface area contributed by atoms with Crippen molar-refractivity contribution in [2.24, 2.45) is 7.05 Å². The molecular weight excluding hydrogens is 316 g/mol. The van der Waals surface area contributed by atoms with Crippen molar-refractivity contribution in [2.75, 3.05) is 13.1 Å². The molecule has 6 heteroatoms. The molecule has 3 heterocycles. The van der Waals surface area contributed by atoms with Gasteiger partial charge in [0.15, 0.2) is 5.82 Å². The van der Waals surface area contributed by atoms with Crippen molar-refractivity contribution in [1.29, 1.82) is 0 Å². The van der Waals surface area contributed by atoms with Crippen LogP contribution in [-0.4, -0.2) is 38.6 Å². The Kier molecular flexibility index (Phi) is 4.03. The lowest BCUT2D eigenvalue weighted by atomic mass is 9.96. The van der Waals surface area contributed by atoms with Gasteiger partial charge >= 0.3 is 0 Å². The molecule has 0 spiro atoms. The molecule has 25 heavy (non-hydrogen) atoms. The molecule has 6 nitrogen and oxygen atoms in total. The third kappa shape index (κ3) is 2.81. The van der Waals surface area contributed by atoms with Crippen LogP contribution in [0.25, 0.3) is 10.9 Å². The molecule has 4 rings (SSSR count). The zero-order valence-electron chi connectivity index (χ0n) is 14.6. The standard InChI is InChI=1S/C19H22N4O2/c1-3-17-20-18(21-25-17)13-6-5-10-23(12-13)19(24)15-7-4-8-16-14(15)9-11-22(16)2/h4,7-9,11,13H,3,5-6,10,12H2,1-2H3/t13-/m1/s1.